The molecule has 0 unspecified atom stereocenters. The SMILES string of the molecule is CCNC(=O)Nc1cc(Nc2ccccc2)c(C(=O)NCc2ccccc2)cn1. The quantitative estimate of drug-likeness (QED) is 0.493. The normalized spacial score (nSPS) is 10.1. The first-order valence-corrected chi connectivity index (χ1v) is 9.35. The zero-order chi connectivity index (χ0) is 20.5. The Bertz CT molecular complexity index is 961. The van der Waals surface area contributed by atoms with Gasteiger partial charge in [0.15, 0.2) is 0 Å². The van der Waals surface area contributed by atoms with E-state index in [0.717, 1.165) is 11.3 Å². The summed E-state index contributed by atoms with van der Waals surface area (Å²) in [4.78, 5) is 28.8. The van der Waals surface area contributed by atoms with Gasteiger partial charge in [-0.05, 0) is 24.6 Å². The second kappa shape index (κ2) is 9.89. The number of carbonyl (C=O) groups excluding carboxylic acids is 2. The molecule has 1 heterocycles. The number of nitrogens with zero attached hydrogens (tertiary/aromatic N) is 1. The third-order valence-corrected chi connectivity index (χ3v) is 4.08. The van der Waals surface area contributed by atoms with Gasteiger partial charge < -0.3 is 16.0 Å². The van der Waals surface area contributed by atoms with Gasteiger partial charge in [-0.25, -0.2) is 9.78 Å². The molecule has 0 saturated heterocycles. The van der Waals surface area contributed by atoms with Crippen LogP contribution in [0.25, 0.3) is 0 Å². The number of anilines is 3. The molecule has 0 radical (unpaired) electrons. The van der Waals surface area contributed by atoms with Crippen LogP contribution >= 0.6 is 0 Å². The summed E-state index contributed by atoms with van der Waals surface area (Å²) in [6, 6.07) is 20.4. The van der Waals surface area contributed by atoms with Crippen molar-refractivity contribution in [2.45, 2.75) is 13.5 Å². The molecule has 0 bridgehead atoms. The third-order valence-electron chi connectivity index (χ3n) is 4.08. The molecule has 29 heavy (non-hydrogen) atoms. The molecule has 1 aromatic heterocycles. The number of carbonyl (C=O) groups is 2. The van der Waals surface area contributed by atoms with Crippen molar-refractivity contribution in [2.24, 2.45) is 0 Å². The van der Waals surface area contributed by atoms with Gasteiger partial charge in [-0.1, -0.05) is 48.5 Å². The van der Waals surface area contributed by atoms with E-state index in [2.05, 4.69) is 26.3 Å². The Morgan fingerprint density at radius 2 is 1.62 bits per heavy atom. The van der Waals surface area contributed by atoms with E-state index < -0.39 is 0 Å². The van der Waals surface area contributed by atoms with Crippen molar-refractivity contribution in [3.63, 3.8) is 0 Å². The van der Waals surface area contributed by atoms with E-state index in [1.54, 1.807) is 6.07 Å². The van der Waals surface area contributed by atoms with Gasteiger partial charge in [0.1, 0.15) is 5.82 Å². The number of pyridine rings is 1. The van der Waals surface area contributed by atoms with Crippen LogP contribution in [0.4, 0.5) is 22.0 Å². The molecule has 3 aromatic rings. The number of hydrogen-bond donors (Lipinski definition) is 4. The molecule has 0 saturated carbocycles. The number of urea groups is 1. The summed E-state index contributed by atoms with van der Waals surface area (Å²) in [6.45, 7) is 2.74. The standard InChI is InChI=1S/C22H23N5O2/c1-2-23-22(29)27-20-13-19(26-17-11-7-4-8-12-17)18(15-24-20)21(28)25-14-16-9-5-3-6-10-16/h3-13,15H,2,14H2,1H3,(H,25,28)(H3,23,24,26,27,29). The fourth-order valence-corrected chi connectivity index (χ4v) is 2.68. The molecule has 0 aliphatic rings. The summed E-state index contributed by atoms with van der Waals surface area (Å²) in [5.41, 5.74) is 2.75. The van der Waals surface area contributed by atoms with Gasteiger partial charge in [0.2, 0.25) is 0 Å². The van der Waals surface area contributed by atoms with E-state index in [0.29, 0.717) is 30.2 Å². The molecule has 4 N–H and O–H groups in total. The van der Waals surface area contributed by atoms with Gasteiger partial charge in [0, 0.05) is 31.0 Å². The van der Waals surface area contributed by atoms with Crippen LogP contribution in [-0.2, 0) is 6.54 Å². The van der Waals surface area contributed by atoms with Crippen molar-refractivity contribution in [1.82, 2.24) is 15.6 Å². The Kier molecular flexibility index (Phi) is 6.78. The topological polar surface area (TPSA) is 95.2 Å². The molecule has 3 rings (SSSR count). The van der Waals surface area contributed by atoms with Gasteiger partial charge in [-0.2, -0.15) is 0 Å². The minimum absolute atomic E-state index is 0.260. The molecular formula is C22H23N5O2. The Morgan fingerprint density at radius 3 is 2.31 bits per heavy atom. The molecule has 0 aliphatic heterocycles. The number of aromatic nitrogens is 1. The van der Waals surface area contributed by atoms with Crippen LogP contribution in [0.5, 0.6) is 0 Å². The number of benzene rings is 2. The highest BCUT2D eigenvalue weighted by atomic mass is 16.2. The first kappa shape index (κ1) is 19.9. The predicted molar refractivity (Wildman–Crippen MR) is 114 cm³/mol. The largest absolute Gasteiger partial charge is 0.355 e. The number of nitrogens with one attached hydrogen (secondary N) is 4. The van der Waals surface area contributed by atoms with Gasteiger partial charge in [0.05, 0.1) is 11.3 Å². The fourth-order valence-electron chi connectivity index (χ4n) is 2.68. The molecule has 3 amide bonds. The number of rotatable bonds is 7. The lowest BCUT2D eigenvalue weighted by Crippen LogP contribution is -2.29. The van der Waals surface area contributed by atoms with Crippen molar-refractivity contribution < 1.29 is 9.59 Å². The van der Waals surface area contributed by atoms with Gasteiger partial charge in [-0.3, -0.25) is 10.1 Å². The summed E-state index contributed by atoms with van der Waals surface area (Å²) in [5, 5.41) is 11.4. The van der Waals surface area contributed by atoms with Gasteiger partial charge >= 0.3 is 6.03 Å². The highest BCUT2D eigenvalue weighted by Gasteiger charge is 2.14. The molecule has 7 heteroatoms. The molecular weight excluding hydrogens is 366 g/mol. The van der Waals surface area contributed by atoms with Crippen molar-refractivity contribution in [3.8, 4) is 0 Å². The predicted octanol–water partition coefficient (Wildman–Crippen LogP) is 3.90. The van der Waals surface area contributed by atoms with E-state index in [1.807, 2.05) is 67.6 Å². The number of hydrogen-bond acceptors (Lipinski definition) is 4. The summed E-state index contributed by atoms with van der Waals surface area (Å²) in [7, 11) is 0. The van der Waals surface area contributed by atoms with Crippen LogP contribution in [0, 0.1) is 0 Å². The van der Waals surface area contributed by atoms with Crippen LogP contribution < -0.4 is 21.3 Å². The van der Waals surface area contributed by atoms with E-state index in [1.165, 1.54) is 6.20 Å². The Balaban J connectivity index is 1.81. The van der Waals surface area contributed by atoms with E-state index in [-0.39, 0.29) is 11.9 Å². The first-order chi connectivity index (χ1) is 14.2. The minimum Gasteiger partial charge on any atom is -0.355 e. The Hall–Kier alpha value is -3.87. The lowest BCUT2D eigenvalue weighted by atomic mass is 10.1. The van der Waals surface area contributed by atoms with Crippen molar-refractivity contribution in [2.75, 3.05) is 17.2 Å². The lowest BCUT2D eigenvalue weighted by molar-refractivity contribution is 0.0951. The highest BCUT2D eigenvalue weighted by Crippen LogP contribution is 2.23. The van der Waals surface area contributed by atoms with Gasteiger partial charge in [0.25, 0.3) is 5.91 Å². The molecule has 2 aromatic carbocycles. The van der Waals surface area contributed by atoms with E-state index >= 15 is 0 Å². The van der Waals surface area contributed by atoms with Gasteiger partial charge in [-0.15, -0.1) is 0 Å². The fraction of sp³-hybridized carbons (Fsp3) is 0.136. The summed E-state index contributed by atoms with van der Waals surface area (Å²) < 4.78 is 0. The number of amides is 3. The Morgan fingerprint density at radius 1 is 0.931 bits per heavy atom. The van der Waals surface area contributed by atoms with E-state index in [9.17, 15) is 9.59 Å². The average Bonchev–Trinajstić information content (AvgIpc) is 2.74. The smallest absolute Gasteiger partial charge is 0.320 e. The summed E-state index contributed by atoms with van der Waals surface area (Å²) in [5.74, 6) is 0.0818. The second-order valence-electron chi connectivity index (χ2n) is 6.26. The number of para-hydroxylation sites is 1. The second-order valence-corrected chi connectivity index (χ2v) is 6.26. The summed E-state index contributed by atoms with van der Waals surface area (Å²) in [6.07, 6.45) is 1.45. The Labute approximate surface area is 169 Å². The first-order valence-electron chi connectivity index (χ1n) is 9.35. The molecule has 0 aliphatic carbocycles. The molecule has 148 valence electrons. The third kappa shape index (κ3) is 5.80. The van der Waals surface area contributed by atoms with Crippen LogP contribution in [0.1, 0.15) is 22.8 Å². The lowest BCUT2D eigenvalue weighted by Gasteiger charge is -2.14. The highest BCUT2D eigenvalue weighted by molar-refractivity contribution is 6.01. The van der Waals surface area contributed by atoms with Crippen molar-refractivity contribution in [3.05, 3.63) is 84.1 Å². The molecule has 0 fully saturated rings. The summed E-state index contributed by atoms with van der Waals surface area (Å²) >= 11 is 0. The maximum Gasteiger partial charge on any atom is 0.320 e. The zero-order valence-corrected chi connectivity index (χ0v) is 16.1. The molecule has 0 spiro atoms. The molecule has 7 nitrogen and oxygen atoms in total. The van der Waals surface area contributed by atoms with Crippen molar-refractivity contribution >= 4 is 29.1 Å². The van der Waals surface area contributed by atoms with Crippen molar-refractivity contribution in [1.29, 1.82) is 0 Å². The van der Waals surface area contributed by atoms with Crippen LogP contribution in [0.3, 0.4) is 0 Å². The van der Waals surface area contributed by atoms with Crippen LogP contribution in [-0.4, -0.2) is 23.5 Å². The average molecular weight is 389 g/mol. The van der Waals surface area contributed by atoms with E-state index in [4.69, 9.17) is 0 Å². The maximum atomic E-state index is 12.8. The monoisotopic (exact) mass is 389 g/mol. The maximum absolute atomic E-state index is 12.8. The molecule has 0 atom stereocenters. The minimum atomic E-state index is -0.355. The van der Waals surface area contributed by atoms with Crippen LogP contribution in [0.15, 0.2) is 72.9 Å². The zero-order valence-electron chi connectivity index (χ0n) is 16.1. The van der Waals surface area contributed by atoms with Crippen LogP contribution in [0.2, 0.25) is 0 Å².